The van der Waals surface area contributed by atoms with E-state index in [4.69, 9.17) is 0 Å². The molecule has 4 nitrogen and oxygen atoms in total. The number of rotatable bonds is 3. The molecular formula is C27H25NO3. The SMILES string of the molecule is Cc1ccc(N2C(=O)C(=O)/C(=C(/O)c3ccc(C)c(C)c3)C2c2ccccc2)c(C)c1. The fraction of sp³-hybridized carbons (Fsp3) is 0.185. The molecule has 4 heteroatoms. The van der Waals surface area contributed by atoms with E-state index in [2.05, 4.69) is 0 Å². The van der Waals surface area contributed by atoms with Crippen molar-refractivity contribution >= 4 is 23.1 Å². The van der Waals surface area contributed by atoms with Gasteiger partial charge in [0.1, 0.15) is 5.76 Å². The average Bonchev–Trinajstić information content (AvgIpc) is 3.01. The molecule has 0 saturated carbocycles. The first-order valence-electron chi connectivity index (χ1n) is 10.3. The molecule has 1 aliphatic rings. The third-order valence-electron chi connectivity index (χ3n) is 5.95. The third-order valence-corrected chi connectivity index (χ3v) is 5.95. The second-order valence-corrected chi connectivity index (χ2v) is 8.17. The number of aliphatic hydroxyl groups is 1. The number of ketones is 1. The Hall–Kier alpha value is -3.66. The predicted molar refractivity (Wildman–Crippen MR) is 123 cm³/mol. The van der Waals surface area contributed by atoms with Crippen LogP contribution in [0, 0.1) is 27.7 Å². The molecule has 1 unspecified atom stereocenters. The van der Waals surface area contributed by atoms with Crippen LogP contribution in [-0.4, -0.2) is 16.8 Å². The van der Waals surface area contributed by atoms with Crippen LogP contribution in [0.4, 0.5) is 5.69 Å². The summed E-state index contributed by atoms with van der Waals surface area (Å²) in [7, 11) is 0. The highest BCUT2D eigenvalue weighted by atomic mass is 16.3. The minimum Gasteiger partial charge on any atom is -0.507 e. The predicted octanol–water partition coefficient (Wildman–Crippen LogP) is 5.55. The van der Waals surface area contributed by atoms with Crippen LogP contribution in [0.1, 0.15) is 39.4 Å². The van der Waals surface area contributed by atoms with Gasteiger partial charge in [0.2, 0.25) is 0 Å². The Morgan fingerprint density at radius 2 is 1.52 bits per heavy atom. The number of nitrogens with zero attached hydrogens (tertiary/aromatic N) is 1. The van der Waals surface area contributed by atoms with Crippen molar-refractivity contribution in [1.82, 2.24) is 0 Å². The summed E-state index contributed by atoms with van der Waals surface area (Å²) in [6, 6.07) is 20.0. The van der Waals surface area contributed by atoms with Crippen LogP contribution >= 0.6 is 0 Å². The van der Waals surface area contributed by atoms with E-state index in [9.17, 15) is 14.7 Å². The monoisotopic (exact) mass is 411 g/mol. The number of aliphatic hydroxyl groups excluding tert-OH is 1. The second kappa shape index (κ2) is 7.88. The lowest BCUT2D eigenvalue weighted by Gasteiger charge is -2.27. The Bertz CT molecular complexity index is 1220. The highest BCUT2D eigenvalue weighted by Crippen LogP contribution is 2.43. The Balaban J connectivity index is 1.97. The first-order chi connectivity index (χ1) is 14.8. The molecule has 3 aromatic carbocycles. The van der Waals surface area contributed by atoms with Crippen molar-refractivity contribution in [2.24, 2.45) is 0 Å². The van der Waals surface area contributed by atoms with Gasteiger partial charge in [0, 0.05) is 11.3 Å². The van der Waals surface area contributed by atoms with Crippen LogP contribution in [0.15, 0.2) is 72.3 Å². The van der Waals surface area contributed by atoms with E-state index in [1.54, 1.807) is 6.07 Å². The van der Waals surface area contributed by atoms with E-state index in [1.165, 1.54) is 4.90 Å². The molecule has 0 aliphatic carbocycles. The smallest absolute Gasteiger partial charge is 0.300 e. The minimum atomic E-state index is -0.704. The van der Waals surface area contributed by atoms with E-state index in [0.717, 1.165) is 27.8 Å². The molecule has 0 radical (unpaired) electrons. The fourth-order valence-corrected chi connectivity index (χ4v) is 4.15. The van der Waals surface area contributed by atoms with Crippen LogP contribution in [0.5, 0.6) is 0 Å². The number of benzene rings is 3. The number of anilines is 1. The van der Waals surface area contributed by atoms with E-state index in [0.29, 0.717) is 11.3 Å². The highest BCUT2D eigenvalue weighted by molar-refractivity contribution is 6.51. The quantitative estimate of drug-likeness (QED) is 0.349. The van der Waals surface area contributed by atoms with Gasteiger partial charge >= 0.3 is 0 Å². The first kappa shape index (κ1) is 20.6. The summed E-state index contributed by atoms with van der Waals surface area (Å²) < 4.78 is 0. The topological polar surface area (TPSA) is 57.6 Å². The van der Waals surface area contributed by atoms with Gasteiger partial charge in [-0.1, -0.05) is 60.2 Å². The van der Waals surface area contributed by atoms with Crippen molar-refractivity contribution in [2.75, 3.05) is 4.90 Å². The van der Waals surface area contributed by atoms with Gasteiger partial charge in [-0.3, -0.25) is 14.5 Å². The number of amides is 1. The van der Waals surface area contributed by atoms with Crippen molar-refractivity contribution in [3.05, 3.63) is 106 Å². The molecule has 1 N–H and O–H groups in total. The van der Waals surface area contributed by atoms with E-state index >= 15 is 0 Å². The zero-order valence-electron chi connectivity index (χ0n) is 18.1. The lowest BCUT2D eigenvalue weighted by molar-refractivity contribution is -0.132. The molecule has 31 heavy (non-hydrogen) atoms. The summed E-state index contributed by atoms with van der Waals surface area (Å²) in [5, 5.41) is 11.2. The van der Waals surface area contributed by atoms with Gasteiger partial charge in [-0.15, -0.1) is 0 Å². The molecule has 0 bridgehead atoms. The lowest BCUT2D eigenvalue weighted by Crippen LogP contribution is -2.30. The van der Waals surface area contributed by atoms with Crippen LogP contribution in [0.3, 0.4) is 0 Å². The number of hydrogen-bond acceptors (Lipinski definition) is 3. The Kier molecular flexibility index (Phi) is 5.24. The summed E-state index contributed by atoms with van der Waals surface area (Å²) in [6.07, 6.45) is 0. The zero-order chi connectivity index (χ0) is 22.3. The zero-order valence-corrected chi connectivity index (χ0v) is 18.1. The molecule has 1 heterocycles. The number of aryl methyl sites for hydroxylation is 4. The van der Waals surface area contributed by atoms with Crippen LogP contribution in [-0.2, 0) is 9.59 Å². The number of carbonyl (C=O) groups excluding carboxylic acids is 2. The van der Waals surface area contributed by atoms with Crippen molar-refractivity contribution in [1.29, 1.82) is 0 Å². The van der Waals surface area contributed by atoms with Crippen molar-refractivity contribution in [2.45, 2.75) is 33.7 Å². The summed E-state index contributed by atoms with van der Waals surface area (Å²) >= 11 is 0. The maximum absolute atomic E-state index is 13.2. The lowest BCUT2D eigenvalue weighted by atomic mass is 9.94. The molecule has 1 amide bonds. The molecule has 4 rings (SSSR count). The molecule has 3 aromatic rings. The minimum absolute atomic E-state index is 0.111. The van der Waals surface area contributed by atoms with E-state index in [1.807, 2.05) is 88.4 Å². The standard InChI is InChI=1S/C27H25NO3/c1-16-10-13-22(19(4)14-16)28-24(20-8-6-5-7-9-20)23(26(30)27(28)31)25(29)21-12-11-17(2)18(3)15-21/h5-15,24,29H,1-4H3/b25-23+. The second-order valence-electron chi connectivity index (χ2n) is 8.17. The molecule has 1 atom stereocenters. The van der Waals surface area contributed by atoms with Crippen LogP contribution in [0.25, 0.3) is 5.76 Å². The summed E-state index contributed by atoms with van der Waals surface area (Å²) in [6.45, 7) is 7.85. The van der Waals surface area contributed by atoms with E-state index in [-0.39, 0.29) is 11.3 Å². The summed E-state index contributed by atoms with van der Waals surface area (Å²) in [4.78, 5) is 27.9. The van der Waals surface area contributed by atoms with Crippen molar-refractivity contribution in [3.63, 3.8) is 0 Å². The molecule has 1 saturated heterocycles. The first-order valence-corrected chi connectivity index (χ1v) is 10.3. The average molecular weight is 412 g/mol. The Morgan fingerprint density at radius 1 is 0.806 bits per heavy atom. The Morgan fingerprint density at radius 3 is 2.16 bits per heavy atom. The molecule has 1 fully saturated rings. The molecule has 0 aromatic heterocycles. The molecule has 0 spiro atoms. The van der Waals surface area contributed by atoms with Crippen LogP contribution in [0.2, 0.25) is 0 Å². The van der Waals surface area contributed by atoms with Gasteiger partial charge in [-0.25, -0.2) is 0 Å². The van der Waals surface area contributed by atoms with Gasteiger partial charge in [-0.05, 0) is 62.1 Å². The van der Waals surface area contributed by atoms with Crippen LogP contribution < -0.4 is 4.90 Å². The number of hydrogen-bond donors (Lipinski definition) is 1. The van der Waals surface area contributed by atoms with Crippen molar-refractivity contribution < 1.29 is 14.7 Å². The van der Waals surface area contributed by atoms with Gasteiger partial charge in [0.05, 0.1) is 11.6 Å². The summed E-state index contributed by atoms with van der Waals surface area (Å²) in [5.41, 5.74) is 6.14. The van der Waals surface area contributed by atoms with Crippen molar-refractivity contribution in [3.8, 4) is 0 Å². The largest absolute Gasteiger partial charge is 0.507 e. The number of Topliss-reactive ketones (excluding diaryl/α,β-unsaturated/α-hetero) is 1. The normalized spacial score (nSPS) is 17.9. The Labute approximate surface area is 182 Å². The summed E-state index contributed by atoms with van der Waals surface area (Å²) in [5.74, 6) is -1.46. The number of carbonyl (C=O) groups is 2. The maximum Gasteiger partial charge on any atom is 0.300 e. The van der Waals surface area contributed by atoms with E-state index < -0.39 is 17.7 Å². The molecule has 156 valence electrons. The highest BCUT2D eigenvalue weighted by Gasteiger charge is 2.47. The molecule has 1 aliphatic heterocycles. The molecular weight excluding hydrogens is 386 g/mol. The van der Waals surface area contributed by atoms with Gasteiger partial charge in [-0.2, -0.15) is 0 Å². The fourth-order valence-electron chi connectivity index (χ4n) is 4.15. The van der Waals surface area contributed by atoms with Gasteiger partial charge in [0.25, 0.3) is 11.7 Å². The third kappa shape index (κ3) is 3.55. The van der Waals surface area contributed by atoms with Gasteiger partial charge < -0.3 is 5.11 Å². The van der Waals surface area contributed by atoms with Gasteiger partial charge in [0.15, 0.2) is 0 Å². The maximum atomic E-state index is 13.2.